The van der Waals surface area contributed by atoms with Crippen molar-refractivity contribution in [2.45, 2.75) is 31.8 Å². The predicted octanol–water partition coefficient (Wildman–Crippen LogP) is 3.02. The van der Waals surface area contributed by atoms with Crippen molar-refractivity contribution in [2.24, 2.45) is 0 Å². The topological polar surface area (TPSA) is 92.5 Å². The molecule has 4 rings (SSSR count). The van der Waals surface area contributed by atoms with Crippen LogP contribution in [0.3, 0.4) is 0 Å². The molecular weight excluding hydrogens is 406 g/mol. The Morgan fingerprint density at radius 2 is 2.00 bits per heavy atom. The molecule has 2 N–H and O–H groups in total. The third kappa shape index (κ3) is 5.93. The molecule has 1 amide bonds. The number of nitrogens with one attached hydrogen (secondary N) is 1. The lowest BCUT2D eigenvalue weighted by Crippen LogP contribution is -2.36. The number of hydrogen-bond acceptors (Lipinski definition) is 6. The maximum Gasteiger partial charge on any atom is 0.273 e. The van der Waals surface area contributed by atoms with Crippen LogP contribution in [0.4, 0.5) is 0 Å². The number of hydrogen-bond donors (Lipinski definition) is 2. The lowest BCUT2D eigenvalue weighted by molar-refractivity contribution is 0.0946. The van der Waals surface area contributed by atoms with E-state index in [4.69, 9.17) is 9.84 Å². The first-order chi connectivity index (χ1) is 15.7. The summed E-state index contributed by atoms with van der Waals surface area (Å²) in [5, 5.41) is 19.8. The van der Waals surface area contributed by atoms with Crippen LogP contribution >= 0.6 is 0 Å². The van der Waals surface area contributed by atoms with Crippen molar-refractivity contribution in [1.82, 2.24) is 25.2 Å². The average Bonchev–Trinajstić information content (AvgIpc) is 3.31. The molecule has 1 fully saturated rings. The van der Waals surface area contributed by atoms with Gasteiger partial charge in [-0.25, -0.2) is 4.68 Å². The van der Waals surface area contributed by atoms with Crippen molar-refractivity contribution in [3.63, 3.8) is 0 Å². The second-order valence-corrected chi connectivity index (χ2v) is 8.01. The summed E-state index contributed by atoms with van der Waals surface area (Å²) in [7, 11) is 0. The Labute approximate surface area is 187 Å². The van der Waals surface area contributed by atoms with Crippen molar-refractivity contribution in [3.8, 4) is 11.5 Å². The van der Waals surface area contributed by atoms with Crippen LogP contribution in [0.15, 0.2) is 60.8 Å². The molecule has 1 saturated heterocycles. The van der Waals surface area contributed by atoms with Crippen molar-refractivity contribution >= 4 is 5.91 Å². The Balaban J connectivity index is 1.35. The van der Waals surface area contributed by atoms with E-state index in [2.05, 4.69) is 32.7 Å². The van der Waals surface area contributed by atoms with Crippen LogP contribution in [0.5, 0.6) is 11.5 Å². The molecule has 0 radical (unpaired) electrons. The number of amides is 1. The number of para-hydroxylation sites is 1. The van der Waals surface area contributed by atoms with Crippen LogP contribution in [0.25, 0.3) is 0 Å². The average molecular weight is 436 g/mol. The van der Waals surface area contributed by atoms with Gasteiger partial charge in [-0.05, 0) is 55.6 Å². The Kier molecular flexibility index (Phi) is 7.47. The number of aromatic nitrogens is 3. The number of ether oxygens (including phenoxy) is 1. The lowest BCUT2D eigenvalue weighted by Gasteiger charge is -2.32. The molecule has 1 aliphatic rings. The standard InChI is InChI=1S/C24H29N5O3/c30-14-6-12-25-24(31)23-18-29(27-26-23)20-8-5-13-28(17-20)16-19-7-4-11-22(15-19)32-21-9-2-1-3-10-21/h1-4,7,9-11,15,18,20,30H,5-6,8,12-14,16-17H2,(H,25,31)/t20-/m0/s1. The third-order valence-electron chi connectivity index (χ3n) is 5.50. The van der Waals surface area contributed by atoms with Crippen LogP contribution in [0, 0.1) is 0 Å². The highest BCUT2D eigenvalue weighted by Crippen LogP contribution is 2.25. The Morgan fingerprint density at radius 3 is 2.84 bits per heavy atom. The van der Waals surface area contributed by atoms with Gasteiger partial charge in [-0.1, -0.05) is 35.5 Å². The number of nitrogens with zero attached hydrogens (tertiary/aromatic N) is 4. The number of piperidine rings is 1. The SMILES string of the molecule is O=C(NCCCO)c1cn([C@H]2CCCN(Cc3cccc(Oc4ccccc4)c3)C2)nn1. The molecule has 0 saturated carbocycles. The van der Waals surface area contributed by atoms with Gasteiger partial charge >= 0.3 is 0 Å². The van der Waals surface area contributed by atoms with Gasteiger partial charge in [0.1, 0.15) is 11.5 Å². The number of aliphatic hydroxyl groups excluding tert-OH is 1. The van der Waals surface area contributed by atoms with Gasteiger partial charge in [0.05, 0.1) is 12.2 Å². The minimum Gasteiger partial charge on any atom is -0.457 e. The second kappa shape index (κ2) is 10.9. The third-order valence-corrected chi connectivity index (χ3v) is 5.50. The predicted molar refractivity (Wildman–Crippen MR) is 121 cm³/mol. The van der Waals surface area contributed by atoms with Crippen molar-refractivity contribution in [3.05, 3.63) is 72.1 Å². The Bertz CT molecular complexity index is 1010. The Morgan fingerprint density at radius 1 is 1.16 bits per heavy atom. The molecule has 8 nitrogen and oxygen atoms in total. The highest BCUT2D eigenvalue weighted by molar-refractivity contribution is 5.91. The number of carbonyl (C=O) groups excluding carboxylic acids is 1. The number of rotatable bonds is 9. The fraction of sp³-hybridized carbons (Fsp3) is 0.375. The highest BCUT2D eigenvalue weighted by Gasteiger charge is 2.23. The molecule has 2 heterocycles. The zero-order valence-corrected chi connectivity index (χ0v) is 18.1. The first-order valence-corrected chi connectivity index (χ1v) is 11.1. The minimum absolute atomic E-state index is 0.0478. The summed E-state index contributed by atoms with van der Waals surface area (Å²) in [5.41, 5.74) is 1.51. The fourth-order valence-corrected chi connectivity index (χ4v) is 3.91. The van der Waals surface area contributed by atoms with Crippen LogP contribution < -0.4 is 10.1 Å². The monoisotopic (exact) mass is 435 g/mol. The summed E-state index contributed by atoms with van der Waals surface area (Å²) in [6.45, 7) is 3.16. The van der Waals surface area contributed by atoms with Crippen molar-refractivity contribution in [1.29, 1.82) is 0 Å². The molecule has 8 heteroatoms. The molecule has 1 aliphatic heterocycles. The first-order valence-electron chi connectivity index (χ1n) is 11.1. The summed E-state index contributed by atoms with van der Waals surface area (Å²) in [6, 6.07) is 18.2. The molecule has 168 valence electrons. The van der Waals surface area contributed by atoms with E-state index in [9.17, 15) is 4.79 Å². The summed E-state index contributed by atoms with van der Waals surface area (Å²) >= 11 is 0. The summed E-state index contributed by atoms with van der Waals surface area (Å²) in [4.78, 5) is 14.6. The molecule has 1 atom stereocenters. The summed E-state index contributed by atoms with van der Waals surface area (Å²) in [6.07, 6.45) is 4.30. The van der Waals surface area contributed by atoms with E-state index in [0.717, 1.165) is 44.0 Å². The van der Waals surface area contributed by atoms with E-state index in [1.165, 1.54) is 5.56 Å². The second-order valence-electron chi connectivity index (χ2n) is 8.01. The van der Waals surface area contributed by atoms with E-state index in [1.807, 2.05) is 47.1 Å². The van der Waals surface area contributed by atoms with Gasteiger partial charge in [0.2, 0.25) is 0 Å². The number of carbonyl (C=O) groups is 1. The van der Waals surface area contributed by atoms with Crippen LogP contribution in [0.1, 0.15) is 41.4 Å². The van der Waals surface area contributed by atoms with Gasteiger partial charge in [0.15, 0.2) is 5.69 Å². The molecule has 3 aromatic rings. The molecule has 1 aromatic heterocycles. The number of benzene rings is 2. The van der Waals surface area contributed by atoms with Gasteiger partial charge in [-0.3, -0.25) is 9.69 Å². The van der Waals surface area contributed by atoms with E-state index < -0.39 is 0 Å². The highest BCUT2D eigenvalue weighted by atomic mass is 16.5. The molecule has 0 unspecified atom stereocenters. The molecule has 0 spiro atoms. The zero-order chi connectivity index (χ0) is 22.2. The maximum absolute atomic E-state index is 12.2. The molecule has 32 heavy (non-hydrogen) atoms. The lowest BCUT2D eigenvalue weighted by atomic mass is 10.0. The van der Waals surface area contributed by atoms with Crippen LogP contribution in [-0.4, -0.2) is 57.1 Å². The quantitative estimate of drug-likeness (QED) is 0.502. The molecule has 0 aliphatic carbocycles. The maximum atomic E-state index is 12.2. The number of aliphatic hydroxyl groups is 1. The molecule has 0 bridgehead atoms. The number of likely N-dealkylation sites (tertiary alicyclic amines) is 1. The normalized spacial score (nSPS) is 16.6. The smallest absolute Gasteiger partial charge is 0.273 e. The fourth-order valence-electron chi connectivity index (χ4n) is 3.91. The van der Waals surface area contributed by atoms with Gasteiger partial charge in [0.25, 0.3) is 5.91 Å². The van der Waals surface area contributed by atoms with Gasteiger partial charge < -0.3 is 15.2 Å². The van der Waals surface area contributed by atoms with Gasteiger partial charge in [-0.15, -0.1) is 5.10 Å². The van der Waals surface area contributed by atoms with E-state index >= 15 is 0 Å². The van der Waals surface area contributed by atoms with Crippen molar-refractivity contribution in [2.75, 3.05) is 26.2 Å². The zero-order valence-electron chi connectivity index (χ0n) is 18.1. The van der Waals surface area contributed by atoms with E-state index in [1.54, 1.807) is 6.20 Å². The minimum atomic E-state index is -0.257. The molecule has 2 aromatic carbocycles. The van der Waals surface area contributed by atoms with Gasteiger partial charge in [0, 0.05) is 26.2 Å². The summed E-state index contributed by atoms with van der Waals surface area (Å²) < 4.78 is 7.77. The van der Waals surface area contributed by atoms with Crippen LogP contribution in [0.2, 0.25) is 0 Å². The molecular formula is C24H29N5O3. The van der Waals surface area contributed by atoms with E-state index in [-0.39, 0.29) is 18.6 Å². The summed E-state index contributed by atoms with van der Waals surface area (Å²) in [5.74, 6) is 1.40. The van der Waals surface area contributed by atoms with Gasteiger partial charge in [-0.2, -0.15) is 0 Å². The Hall–Kier alpha value is -3.23. The van der Waals surface area contributed by atoms with Crippen LogP contribution in [-0.2, 0) is 6.54 Å². The van der Waals surface area contributed by atoms with E-state index in [0.29, 0.717) is 18.7 Å². The van der Waals surface area contributed by atoms with Crippen molar-refractivity contribution < 1.29 is 14.6 Å². The largest absolute Gasteiger partial charge is 0.457 e. The first kappa shape index (κ1) is 22.0.